The number of hydrogen-bond donors (Lipinski definition) is 6. The van der Waals surface area contributed by atoms with Crippen molar-refractivity contribution in [3.63, 3.8) is 0 Å². The highest BCUT2D eigenvalue weighted by molar-refractivity contribution is 7.50. The van der Waals surface area contributed by atoms with Crippen LogP contribution in [-0.4, -0.2) is 92.3 Å². The molecule has 0 aromatic carbocycles. The predicted octanol–water partition coefficient (Wildman–Crippen LogP) is 4.57. The summed E-state index contributed by atoms with van der Waals surface area (Å²) in [6.45, 7) is 5.73. The molecular formula is C35H61N6O10P. The van der Waals surface area contributed by atoms with Gasteiger partial charge in [-0.2, -0.15) is 0 Å². The number of rotatable bonds is 27. The lowest BCUT2D eigenvalue weighted by atomic mass is 10.0. The number of hydrogen-bond acceptors (Lipinski definition) is 12. The molecule has 296 valence electrons. The van der Waals surface area contributed by atoms with Crippen molar-refractivity contribution in [3.05, 3.63) is 17.6 Å². The van der Waals surface area contributed by atoms with Gasteiger partial charge in [0.15, 0.2) is 6.23 Å². The third-order valence-electron chi connectivity index (χ3n) is 9.13. The Hall–Kier alpha value is -2.69. The number of aromatic nitrogens is 3. The Balaban J connectivity index is 1.27. The number of nitrogen functional groups attached to an aromatic ring is 1. The van der Waals surface area contributed by atoms with Crippen molar-refractivity contribution < 1.29 is 48.0 Å². The van der Waals surface area contributed by atoms with Crippen LogP contribution in [0.3, 0.4) is 0 Å². The van der Waals surface area contributed by atoms with E-state index in [4.69, 9.17) is 30.2 Å². The van der Waals surface area contributed by atoms with Gasteiger partial charge in [0.05, 0.1) is 24.2 Å². The molecule has 0 saturated carbocycles. The first-order chi connectivity index (χ1) is 24.9. The molecule has 6 atom stereocenters. The smallest absolute Gasteiger partial charge is 0.403 e. The molecule has 1 fully saturated rings. The van der Waals surface area contributed by atoms with E-state index >= 15 is 0 Å². The Morgan fingerprint density at radius 2 is 1.52 bits per heavy atom. The van der Waals surface area contributed by atoms with E-state index in [0.29, 0.717) is 19.6 Å². The van der Waals surface area contributed by atoms with Crippen molar-refractivity contribution in [2.75, 3.05) is 32.2 Å². The second kappa shape index (κ2) is 22.5. The van der Waals surface area contributed by atoms with Crippen LogP contribution in [0.15, 0.2) is 6.20 Å². The molecular weight excluding hydrogens is 695 g/mol. The number of nitrogens with two attached hydrogens (primary N) is 2. The molecule has 1 unspecified atom stereocenters. The summed E-state index contributed by atoms with van der Waals surface area (Å²) in [4.78, 5) is 43.1. The summed E-state index contributed by atoms with van der Waals surface area (Å²) in [6, 6.07) is -1.19. The molecule has 0 bridgehead atoms. The van der Waals surface area contributed by atoms with Gasteiger partial charge in [0, 0.05) is 25.8 Å². The molecule has 0 spiro atoms. The van der Waals surface area contributed by atoms with Crippen LogP contribution in [0.5, 0.6) is 0 Å². The number of carbonyl (C=O) groups excluding carboxylic acids is 2. The van der Waals surface area contributed by atoms with E-state index in [9.17, 15) is 29.3 Å². The number of aliphatic hydroxyl groups is 2. The lowest BCUT2D eigenvalue weighted by Gasteiger charge is -2.20. The molecule has 52 heavy (non-hydrogen) atoms. The topological polar surface area (TPSA) is 244 Å². The molecule has 1 aliphatic rings. The van der Waals surface area contributed by atoms with Crippen LogP contribution >= 0.6 is 7.75 Å². The molecule has 1 aliphatic heterocycles. The van der Waals surface area contributed by atoms with Gasteiger partial charge in [-0.1, -0.05) is 90.4 Å². The zero-order chi connectivity index (χ0) is 38.1. The van der Waals surface area contributed by atoms with E-state index in [-0.39, 0.29) is 34.8 Å². The maximum Gasteiger partial charge on any atom is 0.403 e. The number of unbranched alkanes of at least 4 members (excludes halogenated alkanes) is 13. The van der Waals surface area contributed by atoms with Gasteiger partial charge >= 0.3 is 13.7 Å². The predicted molar refractivity (Wildman–Crippen MR) is 196 cm³/mol. The summed E-state index contributed by atoms with van der Waals surface area (Å²) in [5, 5.41) is 23.8. The van der Waals surface area contributed by atoms with E-state index in [2.05, 4.69) is 22.0 Å². The van der Waals surface area contributed by atoms with Gasteiger partial charge in [-0.05, 0) is 20.3 Å². The number of aliphatic hydroxyl groups excluding tert-OH is 2. The second-order valence-electron chi connectivity index (χ2n) is 13.6. The van der Waals surface area contributed by atoms with Crippen molar-refractivity contribution in [1.29, 1.82) is 0 Å². The number of fused-ring (bicyclic) bond motifs is 1. The first-order valence-corrected chi connectivity index (χ1v) is 20.4. The van der Waals surface area contributed by atoms with Crippen LogP contribution in [0.1, 0.15) is 133 Å². The van der Waals surface area contributed by atoms with Crippen molar-refractivity contribution in [2.24, 2.45) is 5.73 Å². The number of aryl methyl sites for hydroxylation is 1. The SMILES string of the molecule is CCCCCCCCCCCCCCCCOCCCOC(=O)[C@H](C)NP(=O)(O)OC[C@H]1O[C@@H](n2cc(C(N)=O)c3c(N)nc(C)nc32)[C@H](O)[C@@H]1O. The highest BCUT2D eigenvalue weighted by Gasteiger charge is 2.45. The number of ether oxygens (including phenoxy) is 3. The lowest BCUT2D eigenvalue weighted by molar-refractivity contribution is -0.145. The standard InChI is InChI=1S/C35H61N6O10P/c1-4-5-6-7-8-9-10-11-12-13-14-15-16-17-19-48-20-18-21-49-35(45)24(2)40-52(46,47)50-23-27-29(42)30(43)34(51-27)41-22-26(32(37)44)28-31(36)38-25(3)39-33(28)41/h22,24,27,29-30,34,42-43H,4-21,23H2,1-3H3,(H2,37,44)(H2,36,38,39)(H2,40,46,47)/t24-,27+,29+,30+,34+/m0/s1. The minimum atomic E-state index is -4.59. The van der Waals surface area contributed by atoms with Crippen LogP contribution < -0.4 is 16.6 Å². The Morgan fingerprint density at radius 3 is 2.12 bits per heavy atom. The van der Waals surface area contributed by atoms with Gasteiger partial charge in [-0.15, -0.1) is 0 Å². The summed E-state index contributed by atoms with van der Waals surface area (Å²) in [5.74, 6) is -1.30. The Labute approximate surface area is 306 Å². The van der Waals surface area contributed by atoms with Crippen molar-refractivity contribution in [1.82, 2.24) is 19.6 Å². The van der Waals surface area contributed by atoms with Crippen molar-refractivity contribution >= 4 is 36.5 Å². The molecule has 1 amide bonds. The number of primary amides is 1. The Kier molecular flexibility index (Phi) is 18.9. The highest BCUT2D eigenvalue weighted by Crippen LogP contribution is 2.40. The van der Waals surface area contributed by atoms with Crippen LogP contribution in [-0.2, 0) is 28.1 Å². The Bertz CT molecular complexity index is 1440. The highest BCUT2D eigenvalue weighted by atomic mass is 31.2. The quantitative estimate of drug-likeness (QED) is 0.0416. The molecule has 2 aromatic rings. The molecule has 3 rings (SSSR count). The molecule has 0 radical (unpaired) electrons. The normalized spacial score (nSPS) is 20.7. The largest absolute Gasteiger partial charge is 0.464 e. The van der Waals surface area contributed by atoms with Crippen LogP contribution in [0.25, 0.3) is 11.0 Å². The maximum absolute atomic E-state index is 12.7. The van der Waals surface area contributed by atoms with Gasteiger partial charge in [0.2, 0.25) is 0 Å². The van der Waals surface area contributed by atoms with E-state index in [0.717, 1.165) is 12.8 Å². The number of amides is 1. The molecule has 0 aliphatic carbocycles. The third kappa shape index (κ3) is 13.9. The fourth-order valence-corrected chi connectivity index (χ4v) is 7.25. The molecule has 1 saturated heterocycles. The summed E-state index contributed by atoms with van der Waals surface area (Å²) >= 11 is 0. The van der Waals surface area contributed by atoms with Crippen molar-refractivity contribution in [2.45, 2.75) is 148 Å². The van der Waals surface area contributed by atoms with Crippen LogP contribution in [0.4, 0.5) is 5.82 Å². The fourth-order valence-electron chi connectivity index (χ4n) is 6.24. The number of carbonyl (C=O) groups is 2. The average molecular weight is 757 g/mol. The van der Waals surface area contributed by atoms with E-state index in [1.807, 2.05) is 0 Å². The number of esters is 1. The second-order valence-corrected chi connectivity index (χ2v) is 15.2. The summed E-state index contributed by atoms with van der Waals surface area (Å²) in [5.41, 5.74) is 11.6. The minimum absolute atomic E-state index is 0.00774. The van der Waals surface area contributed by atoms with Gasteiger partial charge in [-0.3, -0.25) is 14.1 Å². The van der Waals surface area contributed by atoms with Gasteiger partial charge in [0.25, 0.3) is 5.91 Å². The Morgan fingerprint density at radius 1 is 0.942 bits per heavy atom. The molecule has 2 aromatic heterocycles. The van der Waals surface area contributed by atoms with Gasteiger partial charge < -0.3 is 45.4 Å². The van der Waals surface area contributed by atoms with E-state index in [1.165, 1.54) is 94.7 Å². The summed E-state index contributed by atoms with van der Waals surface area (Å²) < 4.78 is 35.7. The van der Waals surface area contributed by atoms with E-state index in [1.54, 1.807) is 6.92 Å². The molecule has 3 heterocycles. The minimum Gasteiger partial charge on any atom is -0.464 e. The molecule has 16 nitrogen and oxygen atoms in total. The monoisotopic (exact) mass is 756 g/mol. The van der Waals surface area contributed by atoms with Crippen molar-refractivity contribution in [3.8, 4) is 0 Å². The number of nitrogens with one attached hydrogen (secondary N) is 1. The number of nitrogens with zero attached hydrogens (tertiary/aromatic N) is 3. The first-order valence-electron chi connectivity index (χ1n) is 18.8. The maximum atomic E-state index is 12.7. The number of anilines is 1. The molecule has 8 N–H and O–H groups in total. The van der Waals surface area contributed by atoms with Gasteiger partial charge in [-0.25, -0.2) is 19.6 Å². The van der Waals surface area contributed by atoms with Gasteiger partial charge in [0.1, 0.15) is 41.6 Å². The molecule has 17 heteroatoms. The lowest BCUT2D eigenvalue weighted by Crippen LogP contribution is -2.36. The third-order valence-corrected chi connectivity index (χ3v) is 10.3. The zero-order valence-corrected chi connectivity index (χ0v) is 31.9. The summed E-state index contributed by atoms with van der Waals surface area (Å²) in [6.07, 6.45) is 14.3. The van der Waals surface area contributed by atoms with E-state index < -0.39 is 56.8 Å². The first kappa shape index (κ1) is 43.7. The summed E-state index contributed by atoms with van der Waals surface area (Å²) in [7, 11) is -4.59. The zero-order valence-electron chi connectivity index (χ0n) is 31.0. The average Bonchev–Trinajstić information content (AvgIpc) is 3.61. The van der Waals surface area contributed by atoms with Crippen LogP contribution in [0, 0.1) is 6.92 Å². The van der Waals surface area contributed by atoms with Crippen LogP contribution in [0.2, 0.25) is 0 Å². The fraction of sp³-hybridized carbons (Fsp3) is 0.771.